The molecule has 12 heteroatoms. The van der Waals surface area contributed by atoms with Gasteiger partial charge in [-0.15, -0.1) is 11.3 Å². The number of aryl methyl sites for hydroxylation is 1. The Labute approximate surface area is 248 Å². The minimum atomic E-state index is -1.05. The minimum absolute atomic E-state index is 0.0262. The zero-order valence-corrected chi connectivity index (χ0v) is 24.0. The number of nitriles is 1. The molecule has 1 saturated heterocycles. The largest absolute Gasteiger partial charge is 0.478 e. The second-order valence-corrected chi connectivity index (χ2v) is 11.0. The molecule has 1 aliphatic rings. The fraction of sp³-hybridized carbons (Fsp3) is 0.200. The van der Waals surface area contributed by atoms with Gasteiger partial charge in [0.15, 0.2) is 0 Å². The maximum Gasteiger partial charge on any atom is 0.338 e. The highest BCUT2D eigenvalue weighted by molar-refractivity contribution is 7.18. The molecule has 10 nitrogen and oxygen atoms in total. The quantitative estimate of drug-likeness (QED) is 0.291. The molecule has 1 aliphatic heterocycles. The topological polar surface area (TPSA) is 134 Å². The lowest BCUT2D eigenvalue weighted by Gasteiger charge is -2.35. The van der Waals surface area contributed by atoms with Gasteiger partial charge in [-0.1, -0.05) is 23.4 Å². The van der Waals surface area contributed by atoms with Crippen LogP contribution >= 0.6 is 22.9 Å². The van der Waals surface area contributed by atoms with Crippen LogP contribution in [0.1, 0.15) is 27.3 Å². The molecule has 1 N–H and O–H groups in total. The third-order valence-electron chi connectivity index (χ3n) is 7.20. The van der Waals surface area contributed by atoms with Gasteiger partial charge in [-0.2, -0.15) is 5.26 Å². The van der Waals surface area contributed by atoms with Crippen molar-refractivity contribution < 1.29 is 14.6 Å². The predicted octanol–water partition coefficient (Wildman–Crippen LogP) is 4.49. The monoisotopic (exact) mass is 596 g/mol. The van der Waals surface area contributed by atoms with Gasteiger partial charge in [-0.25, -0.2) is 14.8 Å². The molecule has 0 saturated carbocycles. The number of carboxylic acids is 1. The van der Waals surface area contributed by atoms with E-state index in [1.165, 1.54) is 22.1 Å². The molecule has 0 aliphatic carbocycles. The van der Waals surface area contributed by atoms with Crippen LogP contribution in [0.4, 0.5) is 5.82 Å². The Kier molecular flexibility index (Phi) is 7.09. The molecular weight excluding hydrogens is 576 g/mol. The molecule has 5 aromatic rings. The van der Waals surface area contributed by atoms with Crippen molar-refractivity contribution in [3.8, 4) is 29.0 Å². The third-order valence-corrected chi connectivity index (χ3v) is 8.44. The van der Waals surface area contributed by atoms with Crippen molar-refractivity contribution in [2.45, 2.75) is 19.5 Å². The van der Waals surface area contributed by atoms with Gasteiger partial charge in [0.2, 0.25) is 0 Å². The van der Waals surface area contributed by atoms with Crippen LogP contribution in [0.25, 0.3) is 32.2 Å². The van der Waals surface area contributed by atoms with Gasteiger partial charge in [-0.3, -0.25) is 14.3 Å². The van der Waals surface area contributed by atoms with Gasteiger partial charge >= 0.3 is 5.97 Å². The van der Waals surface area contributed by atoms with Crippen molar-refractivity contribution in [2.75, 3.05) is 25.2 Å². The van der Waals surface area contributed by atoms with E-state index in [1.807, 2.05) is 11.9 Å². The summed E-state index contributed by atoms with van der Waals surface area (Å²) in [5, 5.41) is 21.8. The normalized spacial score (nSPS) is 12.9. The number of benzene rings is 1. The van der Waals surface area contributed by atoms with E-state index < -0.39 is 5.97 Å². The number of fused-ring (bicyclic) bond motifs is 2. The number of thiophene rings is 1. The molecule has 1 fully saturated rings. The number of anilines is 1. The van der Waals surface area contributed by atoms with Gasteiger partial charge in [0.05, 0.1) is 58.7 Å². The molecule has 0 spiro atoms. The second kappa shape index (κ2) is 10.9. The van der Waals surface area contributed by atoms with E-state index >= 15 is 0 Å². The zero-order valence-electron chi connectivity index (χ0n) is 22.4. The van der Waals surface area contributed by atoms with E-state index in [4.69, 9.17) is 16.3 Å². The highest BCUT2D eigenvalue weighted by Gasteiger charge is 2.27. The molecule has 208 valence electrons. The van der Waals surface area contributed by atoms with Crippen LogP contribution in [-0.2, 0) is 11.3 Å². The number of hydrogen-bond acceptors (Lipinski definition) is 9. The molecular formula is C30H21ClN6O4S. The molecule has 1 aromatic carbocycles. The fourth-order valence-electron chi connectivity index (χ4n) is 4.85. The number of aromatic nitrogens is 4. The maximum absolute atomic E-state index is 13.7. The van der Waals surface area contributed by atoms with Gasteiger partial charge in [0, 0.05) is 40.3 Å². The predicted molar refractivity (Wildman–Crippen MR) is 160 cm³/mol. The van der Waals surface area contributed by atoms with Crippen LogP contribution in [0, 0.1) is 30.1 Å². The standard InChI is InChI=1S/C30H21ClN6O4S/c1-16-35-24-12-34-28(36(2)19-13-41-14-19)22(11-32)25(24)29(38)37(16)9-3-4-17-5-6-18(31)10-21(17)20-7-8-33-26-23(30(39)40)15-42-27(20)26/h5-8,10,12,15,19H,9,13-14H2,1-2H3,(H,39,40). The smallest absolute Gasteiger partial charge is 0.338 e. The summed E-state index contributed by atoms with van der Waals surface area (Å²) in [6.45, 7) is 2.78. The first-order chi connectivity index (χ1) is 20.3. The Bertz CT molecular complexity index is 2080. The number of carbonyl (C=O) groups is 1. The summed E-state index contributed by atoms with van der Waals surface area (Å²) >= 11 is 7.63. The lowest BCUT2D eigenvalue weighted by molar-refractivity contribution is 0.00987. The number of likely N-dealkylation sites (N-methyl/N-ethyl adjacent to an activating group) is 1. The van der Waals surface area contributed by atoms with E-state index in [0.717, 1.165) is 5.56 Å². The number of ether oxygens (including phenoxy) is 1. The zero-order chi connectivity index (χ0) is 29.5. The van der Waals surface area contributed by atoms with E-state index in [-0.39, 0.29) is 34.7 Å². The SMILES string of the molecule is Cc1nc2cnc(N(C)C3COC3)c(C#N)c2c(=O)n1CC#Cc1ccc(Cl)cc1-c1ccnc2c(C(=O)O)csc12. The van der Waals surface area contributed by atoms with Gasteiger partial charge in [0.1, 0.15) is 23.3 Å². The fourth-order valence-corrected chi connectivity index (χ4v) is 6.05. The molecule has 0 unspecified atom stereocenters. The van der Waals surface area contributed by atoms with Gasteiger partial charge < -0.3 is 14.7 Å². The summed E-state index contributed by atoms with van der Waals surface area (Å²) in [5.41, 5.74) is 2.77. The average Bonchev–Trinajstić information content (AvgIpc) is 3.38. The van der Waals surface area contributed by atoms with Crippen molar-refractivity contribution in [3.05, 3.63) is 79.9 Å². The number of pyridine rings is 2. The van der Waals surface area contributed by atoms with Gasteiger partial charge in [0.25, 0.3) is 5.56 Å². The third kappa shape index (κ3) is 4.64. The summed E-state index contributed by atoms with van der Waals surface area (Å²) in [5.74, 6) is 6.02. The van der Waals surface area contributed by atoms with Crippen LogP contribution < -0.4 is 10.5 Å². The highest BCUT2D eigenvalue weighted by atomic mass is 35.5. The Balaban J connectivity index is 1.41. The molecule has 0 amide bonds. The lowest BCUT2D eigenvalue weighted by Crippen LogP contribution is -2.47. The number of rotatable bonds is 5. The summed E-state index contributed by atoms with van der Waals surface area (Å²) in [6, 6.07) is 9.30. The van der Waals surface area contributed by atoms with E-state index in [9.17, 15) is 20.0 Å². The molecule has 42 heavy (non-hydrogen) atoms. The van der Waals surface area contributed by atoms with E-state index in [2.05, 4.69) is 32.9 Å². The first kappa shape index (κ1) is 27.4. The van der Waals surface area contributed by atoms with Crippen LogP contribution in [0.3, 0.4) is 0 Å². The summed E-state index contributed by atoms with van der Waals surface area (Å²) in [6.07, 6.45) is 3.08. The number of hydrogen-bond donors (Lipinski definition) is 1. The van der Waals surface area contributed by atoms with Crippen molar-refractivity contribution in [1.82, 2.24) is 19.5 Å². The molecule has 0 atom stereocenters. The van der Waals surface area contributed by atoms with Crippen LogP contribution in [-0.4, -0.2) is 56.9 Å². The number of nitrogens with zero attached hydrogens (tertiary/aromatic N) is 6. The molecule has 4 aromatic heterocycles. The van der Waals surface area contributed by atoms with Gasteiger partial charge in [-0.05, 0) is 31.2 Å². The minimum Gasteiger partial charge on any atom is -0.478 e. The van der Waals surface area contributed by atoms with E-state index in [0.29, 0.717) is 56.7 Å². The average molecular weight is 597 g/mol. The Morgan fingerprint density at radius 1 is 1.29 bits per heavy atom. The molecule has 5 heterocycles. The summed E-state index contributed by atoms with van der Waals surface area (Å²) < 4.78 is 7.42. The molecule has 0 bridgehead atoms. The van der Waals surface area contributed by atoms with Crippen LogP contribution in [0.2, 0.25) is 5.02 Å². The van der Waals surface area contributed by atoms with Crippen molar-refractivity contribution in [3.63, 3.8) is 0 Å². The summed E-state index contributed by atoms with van der Waals surface area (Å²) in [7, 11) is 1.83. The van der Waals surface area contributed by atoms with Crippen LogP contribution in [0.15, 0.2) is 46.8 Å². The first-order valence-electron chi connectivity index (χ1n) is 12.8. The second-order valence-electron chi connectivity index (χ2n) is 9.66. The van der Waals surface area contributed by atoms with E-state index in [1.54, 1.807) is 42.8 Å². The number of halogens is 1. The highest BCUT2D eigenvalue weighted by Crippen LogP contribution is 2.36. The Hall–Kier alpha value is -4.81. The number of carboxylic acid groups (broad SMARTS) is 1. The lowest BCUT2D eigenvalue weighted by atomic mass is 10.00. The van der Waals surface area contributed by atoms with Crippen molar-refractivity contribution >= 4 is 55.8 Å². The molecule has 0 radical (unpaired) electrons. The Morgan fingerprint density at radius 2 is 2.10 bits per heavy atom. The summed E-state index contributed by atoms with van der Waals surface area (Å²) in [4.78, 5) is 40.5. The van der Waals surface area contributed by atoms with Crippen molar-refractivity contribution in [1.29, 1.82) is 5.26 Å². The number of aromatic carboxylic acids is 1. The van der Waals surface area contributed by atoms with Crippen molar-refractivity contribution in [2.24, 2.45) is 0 Å². The first-order valence-corrected chi connectivity index (χ1v) is 14.0. The Morgan fingerprint density at radius 3 is 2.81 bits per heavy atom. The van der Waals surface area contributed by atoms with Crippen LogP contribution in [0.5, 0.6) is 0 Å². The molecule has 6 rings (SSSR count). The maximum atomic E-state index is 13.7.